The number of rotatable bonds is 7. The van der Waals surface area contributed by atoms with Crippen molar-refractivity contribution in [1.29, 1.82) is 0 Å². The zero-order valence-corrected chi connectivity index (χ0v) is 41.7. The Kier molecular flexibility index (Phi) is 9.69. The molecule has 0 radical (unpaired) electrons. The molecule has 0 saturated heterocycles. The van der Waals surface area contributed by atoms with E-state index in [-0.39, 0.29) is 16.2 Å². The van der Waals surface area contributed by atoms with Gasteiger partial charge in [-0.05, 0) is 167 Å². The van der Waals surface area contributed by atoms with E-state index in [1.165, 1.54) is 113 Å². The minimum Gasteiger partial charge on any atom is -0.310 e. The molecule has 3 aliphatic carbocycles. The van der Waals surface area contributed by atoms with Gasteiger partial charge in [0.1, 0.15) is 0 Å². The molecular weight excluding hydrogens is 855 g/mol. The summed E-state index contributed by atoms with van der Waals surface area (Å²) in [5.41, 5.74) is 24.3. The van der Waals surface area contributed by atoms with Crippen LogP contribution in [0.3, 0.4) is 0 Å². The van der Waals surface area contributed by atoms with Crippen molar-refractivity contribution in [2.45, 2.75) is 76.0 Å². The summed E-state index contributed by atoms with van der Waals surface area (Å²) in [7, 11) is 0. The van der Waals surface area contributed by atoms with Crippen molar-refractivity contribution >= 4 is 27.8 Å². The van der Waals surface area contributed by atoms with Crippen molar-refractivity contribution in [3.63, 3.8) is 0 Å². The van der Waals surface area contributed by atoms with Crippen LogP contribution in [-0.2, 0) is 21.7 Å². The van der Waals surface area contributed by atoms with Gasteiger partial charge in [0.15, 0.2) is 0 Å². The summed E-state index contributed by atoms with van der Waals surface area (Å²) in [5, 5.41) is 2.42. The molecule has 10 aromatic carbocycles. The molecule has 71 heavy (non-hydrogen) atoms. The van der Waals surface area contributed by atoms with Gasteiger partial charge in [-0.25, -0.2) is 0 Å². The topological polar surface area (TPSA) is 3.24 Å². The highest BCUT2D eigenvalue weighted by molar-refractivity contribution is 6.02. The van der Waals surface area contributed by atoms with Gasteiger partial charge < -0.3 is 4.90 Å². The van der Waals surface area contributed by atoms with Crippen molar-refractivity contribution in [3.05, 3.63) is 269 Å². The standard InChI is InChI=1S/C70H59N/c1-67(2)38-39-68(3,4)65-45-63-59(44-64(65)67)58-42-49(33-37-61(58)70(63,51-24-12-8-13-25-51)52-26-14-9-15-27-52)48-32-35-55-50(40-48)23-19-31-66(55)71(53-28-18-22-47(41-53)46-20-10-7-11-21-46)54-34-36-57-56-29-16-17-30-60(56)69(5,6)62(57)43-54/h7-37,40-45H,38-39H2,1-6H3. The molecule has 3 aliphatic rings. The third kappa shape index (κ3) is 6.59. The summed E-state index contributed by atoms with van der Waals surface area (Å²) in [6.45, 7) is 14.6. The normalized spacial score (nSPS) is 16.1. The van der Waals surface area contributed by atoms with Crippen LogP contribution in [0.5, 0.6) is 0 Å². The SMILES string of the molecule is CC1(C)CCC(C)(C)c2cc3c(cc21)-c1cc(-c2ccc4c(N(c5cccc(-c6ccccc6)c5)c5ccc6c(c5)C(C)(C)c5ccccc5-6)cccc4c2)ccc1C3(c1ccccc1)c1ccccc1. The first-order valence-corrected chi connectivity index (χ1v) is 25.6. The lowest BCUT2D eigenvalue weighted by Gasteiger charge is -2.43. The van der Waals surface area contributed by atoms with E-state index < -0.39 is 5.41 Å². The molecule has 0 aliphatic heterocycles. The number of nitrogens with zero attached hydrogens (tertiary/aromatic N) is 1. The molecule has 1 heteroatoms. The Morgan fingerprint density at radius 1 is 0.324 bits per heavy atom. The molecule has 0 N–H and O–H groups in total. The van der Waals surface area contributed by atoms with E-state index in [1.807, 2.05) is 0 Å². The summed E-state index contributed by atoms with van der Waals surface area (Å²) < 4.78 is 0. The first kappa shape index (κ1) is 43.3. The fourth-order valence-electron chi connectivity index (χ4n) is 13.1. The number of hydrogen-bond acceptors (Lipinski definition) is 1. The van der Waals surface area contributed by atoms with Gasteiger partial charge in [0.05, 0.1) is 11.1 Å². The molecule has 0 heterocycles. The number of fused-ring (bicyclic) bond motifs is 8. The van der Waals surface area contributed by atoms with Crippen LogP contribution < -0.4 is 4.90 Å². The fourth-order valence-corrected chi connectivity index (χ4v) is 13.1. The zero-order valence-electron chi connectivity index (χ0n) is 41.7. The summed E-state index contributed by atoms with van der Waals surface area (Å²) in [6, 6.07) is 84.9. The molecule has 344 valence electrons. The highest BCUT2D eigenvalue weighted by Crippen LogP contribution is 2.60. The minimum atomic E-state index is -0.465. The Labute approximate surface area is 420 Å². The lowest BCUT2D eigenvalue weighted by atomic mass is 9.61. The maximum atomic E-state index is 2.63. The summed E-state index contributed by atoms with van der Waals surface area (Å²) in [4.78, 5) is 2.48. The van der Waals surface area contributed by atoms with Gasteiger partial charge in [-0.2, -0.15) is 0 Å². The maximum absolute atomic E-state index is 2.63. The Hall–Kier alpha value is -7.74. The van der Waals surface area contributed by atoms with E-state index >= 15 is 0 Å². The van der Waals surface area contributed by atoms with Crippen molar-refractivity contribution in [2.24, 2.45) is 0 Å². The molecule has 0 aromatic heterocycles. The molecule has 1 nitrogen and oxygen atoms in total. The Morgan fingerprint density at radius 3 is 1.62 bits per heavy atom. The monoisotopic (exact) mass is 913 g/mol. The molecule has 0 atom stereocenters. The van der Waals surface area contributed by atoms with Gasteiger partial charge in [-0.3, -0.25) is 0 Å². The molecule has 0 amide bonds. The molecule has 10 aromatic rings. The minimum absolute atomic E-state index is 0.0755. The lowest BCUT2D eigenvalue weighted by Crippen LogP contribution is -2.35. The van der Waals surface area contributed by atoms with Gasteiger partial charge in [0.25, 0.3) is 0 Å². The van der Waals surface area contributed by atoms with Crippen molar-refractivity contribution in [3.8, 4) is 44.5 Å². The Balaban J connectivity index is 0.986. The van der Waals surface area contributed by atoms with Crippen LogP contribution >= 0.6 is 0 Å². The van der Waals surface area contributed by atoms with Crippen LogP contribution in [0, 0.1) is 0 Å². The first-order chi connectivity index (χ1) is 34.4. The Bertz CT molecular complexity index is 3680. The van der Waals surface area contributed by atoms with Crippen molar-refractivity contribution < 1.29 is 0 Å². The van der Waals surface area contributed by atoms with Crippen LogP contribution in [-0.4, -0.2) is 0 Å². The van der Waals surface area contributed by atoms with E-state index in [0.29, 0.717) is 0 Å². The highest BCUT2D eigenvalue weighted by Gasteiger charge is 2.49. The second-order valence-corrected chi connectivity index (χ2v) is 22.3. The van der Waals surface area contributed by atoms with E-state index in [1.54, 1.807) is 0 Å². The number of hydrogen-bond donors (Lipinski definition) is 0. The van der Waals surface area contributed by atoms with Crippen LogP contribution in [0.2, 0.25) is 0 Å². The van der Waals surface area contributed by atoms with Gasteiger partial charge in [-0.15, -0.1) is 0 Å². The van der Waals surface area contributed by atoms with Crippen LogP contribution in [0.15, 0.2) is 224 Å². The predicted molar refractivity (Wildman–Crippen MR) is 300 cm³/mol. The van der Waals surface area contributed by atoms with E-state index in [2.05, 4.69) is 271 Å². The van der Waals surface area contributed by atoms with E-state index in [0.717, 1.165) is 17.1 Å². The van der Waals surface area contributed by atoms with E-state index in [9.17, 15) is 0 Å². The molecule has 0 bridgehead atoms. The smallest absolute Gasteiger partial charge is 0.0713 e. The lowest BCUT2D eigenvalue weighted by molar-refractivity contribution is 0.331. The van der Waals surface area contributed by atoms with Crippen LogP contribution in [0.1, 0.15) is 98.9 Å². The molecule has 0 fully saturated rings. The maximum Gasteiger partial charge on any atom is 0.0713 e. The van der Waals surface area contributed by atoms with Crippen molar-refractivity contribution in [2.75, 3.05) is 4.90 Å². The van der Waals surface area contributed by atoms with Gasteiger partial charge >= 0.3 is 0 Å². The van der Waals surface area contributed by atoms with Gasteiger partial charge in [-0.1, -0.05) is 217 Å². The molecule has 0 unspecified atom stereocenters. The second-order valence-electron chi connectivity index (χ2n) is 22.3. The molecule has 0 saturated carbocycles. The van der Waals surface area contributed by atoms with E-state index in [4.69, 9.17) is 0 Å². The Morgan fingerprint density at radius 2 is 0.887 bits per heavy atom. The molecular formula is C70H59N. The molecule has 0 spiro atoms. The first-order valence-electron chi connectivity index (χ1n) is 25.6. The third-order valence-electron chi connectivity index (χ3n) is 17.0. The third-order valence-corrected chi connectivity index (χ3v) is 17.0. The summed E-state index contributed by atoms with van der Waals surface area (Å²) in [6.07, 6.45) is 2.35. The van der Waals surface area contributed by atoms with Crippen LogP contribution in [0.25, 0.3) is 55.3 Å². The average Bonchev–Trinajstić information content (AvgIpc) is 3.83. The quantitative estimate of drug-likeness (QED) is 0.154. The van der Waals surface area contributed by atoms with Crippen molar-refractivity contribution in [1.82, 2.24) is 0 Å². The van der Waals surface area contributed by atoms with Gasteiger partial charge in [0, 0.05) is 22.2 Å². The number of anilines is 3. The predicted octanol–water partition coefficient (Wildman–Crippen LogP) is 18.7. The summed E-state index contributed by atoms with van der Waals surface area (Å²) in [5.74, 6) is 0. The average molecular weight is 914 g/mol. The highest BCUT2D eigenvalue weighted by atomic mass is 15.1. The van der Waals surface area contributed by atoms with Gasteiger partial charge in [0.2, 0.25) is 0 Å². The second kappa shape index (κ2) is 15.9. The van der Waals surface area contributed by atoms with Crippen LogP contribution in [0.4, 0.5) is 17.1 Å². The summed E-state index contributed by atoms with van der Waals surface area (Å²) >= 11 is 0. The number of benzene rings is 10. The zero-order chi connectivity index (χ0) is 48.3. The largest absolute Gasteiger partial charge is 0.310 e. The molecule has 13 rings (SSSR count). The fraction of sp³-hybridized carbons (Fsp3) is 0.171.